The van der Waals surface area contributed by atoms with Crippen LogP contribution in [0.4, 0.5) is 0 Å². The lowest BCUT2D eigenvalue weighted by molar-refractivity contribution is 0.734. The highest BCUT2D eigenvalue weighted by atomic mass is 32.2. The van der Waals surface area contributed by atoms with Gasteiger partial charge in [-0.15, -0.1) is 10.2 Å². The van der Waals surface area contributed by atoms with Gasteiger partial charge in [-0.3, -0.25) is 0 Å². The molecule has 0 aliphatic rings. The lowest BCUT2D eigenvalue weighted by atomic mass is 10.1. The molecule has 0 saturated heterocycles. The quantitative estimate of drug-likeness (QED) is 0.858. The van der Waals surface area contributed by atoms with Crippen LogP contribution in [0.25, 0.3) is 0 Å². The van der Waals surface area contributed by atoms with Gasteiger partial charge in [0.05, 0.1) is 6.54 Å². The third-order valence-corrected chi connectivity index (χ3v) is 4.04. The Morgan fingerprint density at radius 1 is 1.28 bits per heavy atom. The Balaban J connectivity index is 2.11. The maximum absolute atomic E-state index is 5.58. The summed E-state index contributed by atoms with van der Waals surface area (Å²) in [4.78, 5) is 0. The van der Waals surface area contributed by atoms with E-state index in [1.807, 2.05) is 11.6 Å². The molecule has 0 unspecified atom stereocenters. The van der Waals surface area contributed by atoms with Crippen molar-refractivity contribution < 1.29 is 0 Å². The fourth-order valence-electron chi connectivity index (χ4n) is 1.75. The van der Waals surface area contributed by atoms with Gasteiger partial charge in [-0.2, -0.15) is 0 Å². The van der Waals surface area contributed by atoms with Gasteiger partial charge in [0, 0.05) is 12.8 Å². The van der Waals surface area contributed by atoms with Gasteiger partial charge in [0.25, 0.3) is 0 Å². The van der Waals surface area contributed by atoms with Crippen LogP contribution in [0.3, 0.4) is 0 Å². The zero-order valence-electron chi connectivity index (χ0n) is 11.0. The molecule has 0 atom stereocenters. The van der Waals surface area contributed by atoms with Crippen LogP contribution >= 0.6 is 11.8 Å². The van der Waals surface area contributed by atoms with E-state index in [0.717, 1.165) is 16.7 Å². The van der Waals surface area contributed by atoms with Crippen LogP contribution < -0.4 is 5.73 Å². The first-order valence-electron chi connectivity index (χ1n) is 5.89. The van der Waals surface area contributed by atoms with Crippen molar-refractivity contribution in [2.75, 3.05) is 0 Å². The molecule has 0 bridgehead atoms. The summed E-state index contributed by atoms with van der Waals surface area (Å²) < 4.78 is 1.95. The predicted molar refractivity (Wildman–Crippen MR) is 74.4 cm³/mol. The molecule has 0 aliphatic carbocycles. The zero-order chi connectivity index (χ0) is 13.1. The minimum atomic E-state index is 0.424. The summed E-state index contributed by atoms with van der Waals surface area (Å²) in [5, 5.41) is 9.12. The Labute approximate surface area is 112 Å². The second-order valence-electron chi connectivity index (χ2n) is 4.38. The van der Waals surface area contributed by atoms with Crippen LogP contribution in [0.5, 0.6) is 0 Å². The summed E-state index contributed by atoms with van der Waals surface area (Å²) in [6.07, 6.45) is 0. The summed E-state index contributed by atoms with van der Waals surface area (Å²) >= 11 is 1.69. The topological polar surface area (TPSA) is 56.7 Å². The Hall–Kier alpha value is -1.33. The molecule has 18 heavy (non-hydrogen) atoms. The van der Waals surface area contributed by atoms with Crippen molar-refractivity contribution in [3.05, 3.63) is 40.7 Å². The number of nitrogens with two attached hydrogens (primary N) is 1. The Morgan fingerprint density at radius 2 is 2.06 bits per heavy atom. The number of hydrogen-bond acceptors (Lipinski definition) is 4. The number of benzene rings is 1. The maximum Gasteiger partial charge on any atom is 0.191 e. The average Bonchev–Trinajstić information content (AvgIpc) is 2.71. The zero-order valence-corrected chi connectivity index (χ0v) is 11.8. The Morgan fingerprint density at radius 3 is 2.72 bits per heavy atom. The van der Waals surface area contributed by atoms with Crippen molar-refractivity contribution in [2.45, 2.75) is 31.3 Å². The van der Waals surface area contributed by atoms with Gasteiger partial charge in [0.2, 0.25) is 0 Å². The second kappa shape index (κ2) is 5.54. The largest absolute Gasteiger partial charge is 0.324 e. The first kappa shape index (κ1) is 13.1. The monoisotopic (exact) mass is 262 g/mol. The minimum absolute atomic E-state index is 0.424. The molecule has 96 valence electrons. The van der Waals surface area contributed by atoms with Gasteiger partial charge in [-0.05, 0) is 25.0 Å². The number of nitrogens with zero attached hydrogens (tertiary/aromatic N) is 3. The fourth-order valence-corrected chi connectivity index (χ4v) is 2.74. The molecule has 2 rings (SSSR count). The molecule has 0 saturated carbocycles. The summed E-state index contributed by atoms with van der Waals surface area (Å²) in [5.74, 6) is 1.72. The van der Waals surface area contributed by atoms with Crippen molar-refractivity contribution in [2.24, 2.45) is 12.8 Å². The molecular formula is C13H18N4S. The van der Waals surface area contributed by atoms with Crippen molar-refractivity contribution >= 4 is 11.8 Å². The highest BCUT2D eigenvalue weighted by Crippen LogP contribution is 2.23. The molecule has 5 heteroatoms. The van der Waals surface area contributed by atoms with E-state index in [4.69, 9.17) is 5.73 Å². The molecule has 2 aromatic rings. The van der Waals surface area contributed by atoms with Crippen molar-refractivity contribution in [3.8, 4) is 0 Å². The van der Waals surface area contributed by atoms with Gasteiger partial charge in [0.15, 0.2) is 5.16 Å². The smallest absolute Gasteiger partial charge is 0.191 e. The van der Waals surface area contributed by atoms with Gasteiger partial charge >= 0.3 is 0 Å². The third kappa shape index (κ3) is 2.73. The molecule has 1 aromatic heterocycles. The van der Waals surface area contributed by atoms with E-state index in [0.29, 0.717) is 6.54 Å². The Bertz CT molecular complexity index is 548. The van der Waals surface area contributed by atoms with Crippen LogP contribution in [0, 0.1) is 13.8 Å². The number of hydrogen-bond donors (Lipinski definition) is 1. The Kier molecular flexibility index (Phi) is 4.04. The molecule has 0 radical (unpaired) electrons. The SMILES string of the molecule is Cc1ccc(C)c(CSc2nnc(CN)n2C)c1. The molecule has 0 amide bonds. The van der Waals surface area contributed by atoms with E-state index in [2.05, 4.69) is 42.2 Å². The highest BCUT2D eigenvalue weighted by Gasteiger charge is 2.08. The molecule has 1 aromatic carbocycles. The van der Waals surface area contributed by atoms with Crippen LogP contribution in [-0.4, -0.2) is 14.8 Å². The molecule has 4 nitrogen and oxygen atoms in total. The predicted octanol–water partition coefficient (Wildman–Crippen LogP) is 2.18. The van der Waals surface area contributed by atoms with E-state index in [9.17, 15) is 0 Å². The minimum Gasteiger partial charge on any atom is -0.324 e. The summed E-state index contributed by atoms with van der Waals surface area (Å²) in [6.45, 7) is 4.67. The molecule has 0 spiro atoms. The molecular weight excluding hydrogens is 244 g/mol. The summed E-state index contributed by atoms with van der Waals surface area (Å²) in [5.41, 5.74) is 9.53. The molecule has 0 aliphatic heterocycles. The lowest BCUT2D eigenvalue weighted by Crippen LogP contribution is -2.05. The van der Waals surface area contributed by atoms with Gasteiger partial charge < -0.3 is 10.3 Å². The van der Waals surface area contributed by atoms with Crippen LogP contribution in [0.15, 0.2) is 23.4 Å². The molecule has 2 N–H and O–H groups in total. The van der Waals surface area contributed by atoms with E-state index < -0.39 is 0 Å². The number of thioether (sulfide) groups is 1. The van der Waals surface area contributed by atoms with Crippen molar-refractivity contribution in [3.63, 3.8) is 0 Å². The summed E-state index contributed by atoms with van der Waals surface area (Å²) in [7, 11) is 1.95. The first-order chi connectivity index (χ1) is 8.61. The highest BCUT2D eigenvalue weighted by molar-refractivity contribution is 7.98. The second-order valence-corrected chi connectivity index (χ2v) is 5.32. The van der Waals surface area contributed by atoms with Crippen LogP contribution in [0.2, 0.25) is 0 Å². The average molecular weight is 262 g/mol. The number of aromatic nitrogens is 3. The van der Waals surface area contributed by atoms with Gasteiger partial charge in [0.1, 0.15) is 5.82 Å². The fraction of sp³-hybridized carbons (Fsp3) is 0.385. The van der Waals surface area contributed by atoms with Gasteiger partial charge in [-0.25, -0.2) is 0 Å². The summed E-state index contributed by atoms with van der Waals surface area (Å²) in [6, 6.07) is 6.52. The van der Waals surface area contributed by atoms with Crippen molar-refractivity contribution in [1.82, 2.24) is 14.8 Å². The van der Waals surface area contributed by atoms with E-state index in [1.165, 1.54) is 16.7 Å². The number of aryl methyl sites for hydroxylation is 2. The van der Waals surface area contributed by atoms with E-state index >= 15 is 0 Å². The maximum atomic E-state index is 5.58. The van der Waals surface area contributed by atoms with Gasteiger partial charge in [-0.1, -0.05) is 35.5 Å². The molecule has 1 heterocycles. The van der Waals surface area contributed by atoms with E-state index in [1.54, 1.807) is 11.8 Å². The van der Waals surface area contributed by atoms with E-state index in [-0.39, 0.29) is 0 Å². The molecule has 0 fully saturated rings. The first-order valence-corrected chi connectivity index (χ1v) is 6.87. The van der Waals surface area contributed by atoms with Crippen LogP contribution in [-0.2, 0) is 19.3 Å². The van der Waals surface area contributed by atoms with Crippen LogP contribution in [0.1, 0.15) is 22.5 Å². The lowest BCUT2D eigenvalue weighted by Gasteiger charge is -2.06. The van der Waals surface area contributed by atoms with Crippen molar-refractivity contribution in [1.29, 1.82) is 0 Å². The normalized spacial score (nSPS) is 10.9. The number of rotatable bonds is 4. The third-order valence-electron chi connectivity index (χ3n) is 2.97. The standard InChI is InChI=1S/C13H18N4S/c1-9-4-5-10(2)11(6-9)8-18-13-16-15-12(7-14)17(13)3/h4-6H,7-8,14H2,1-3H3.